The molecule has 0 spiro atoms. The van der Waals surface area contributed by atoms with Crippen LogP contribution in [0.15, 0.2) is 54.7 Å². The number of hydrogen-bond acceptors (Lipinski definition) is 4. The second-order valence-corrected chi connectivity index (χ2v) is 7.19. The maximum absolute atomic E-state index is 13.0. The van der Waals surface area contributed by atoms with Crippen LogP contribution in [0.2, 0.25) is 0 Å². The lowest BCUT2D eigenvalue weighted by Crippen LogP contribution is -2.23. The molecule has 2 aliphatic heterocycles. The fourth-order valence-corrected chi connectivity index (χ4v) is 3.80. The van der Waals surface area contributed by atoms with Gasteiger partial charge in [0.2, 0.25) is 5.91 Å². The Morgan fingerprint density at radius 3 is 2.96 bits per heavy atom. The average molecular weight is 373 g/mol. The molecule has 6 heteroatoms. The Morgan fingerprint density at radius 2 is 2.11 bits per heavy atom. The summed E-state index contributed by atoms with van der Waals surface area (Å²) in [4.78, 5) is 31.4. The van der Waals surface area contributed by atoms with Crippen LogP contribution in [0.4, 0.5) is 11.4 Å². The SMILES string of the molecule is O=C(Nc1ccc2c(c1)C(=O)N(c1ccc3ncccc3c1)C2)C1CCOC1. The molecular formula is C22H19N3O3. The molecule has 0 bridgehead atoms. The van der Waals surface area contributed by atoms with E-state index in [1.165, 1.54) is 0 Å². The van der Waals surface area contributed by atoms with E-state index >= 15 is 0 Å². The number of carbonyl (C=O) groups excluding carboxylic acids is 2. The minimum absolute atomic E-state index is 0.0539. The number of carbonyl (C=O) groups is 2. The number of hydrogen-bond donors (Lipinski definition) is 1. The molecule has 3 heterocycles. The molecule has 1 aromatic heterocycles. The van der Waals surface area contributed by atoms with Crippen LogP contribution in [0.3, 0.4) is 0 Å². The van der Waals surface area contributed by atoms with Crippen LogP contribution in [0.25, 0.3) is 10.9 Å². The smallest absolute Gasteiger partial charge is 0.259 e. The maximum atomic E-state index is 13.0. The number of nitrogens with zero attached hydrogens (tertiary/aromatic N) is 2. The van der Waals surface area contributed by atoms with E-state index in [2.05, 4.69) is 10.3 Å². The zero-order chi connectivity index (χ0) is 19.1. The second-order valence-electron chi connectivity index (χ2n) is 7.19. The zero-order valence-corrected chi connectivity index (χ0v) is 15.2. The Morgan fingerprint density at radius 1 is 1.18 bits per heavy atom. The Labute approximate surface area is 162 Å². The van der Waals surface area contributed by atoms with Crippen molar-refractivity contribution in [1.82, 2.24) is 4.98 Å². The number of fused-ring (bicyclic) bond motifs is 2. The van der Waals surface area contributed by atoms with Gasteiger partial charge in [-0.05, 0) is 48.4 Å². The van der Waals surface area contributed by atoms with E-state index in [1.807, 2.05) is 42.5 Å². The number of rotatable bonds is 3. The van der Waals surface area contributed by atoms with Gasteiger partial charge in [0.25, 0.3) is 5.91 Å². The first-order chi connectivity index (χ1) is 13.7. The Kier molecular flexibility index (Phi) is 4.06. The highest BCUT2D eigenvalue weighted by atomic mass is 16.5. The lowest BCUT2D eigenvalue weighted by atomic mass is 10.1. The molecule has 140 valence electrons. The largest absolute Gasteiger partial charge is 0.381 e. The Bertz CT molecular complexity index is 1090. The van der Waals surface area contributed by atoms with Crippen molar-refractivity contribution in [2.45, 2.75) is 13.0 Å². The molecule has 0 aliphatic carbocycles. The topological polar surface area (TPSA) is 71.5 Å². The zero-order valence-electron chi connectivity index (χ0n) is 15.2. The first-order valence-electron chi connectivity index (χ1n) is 9.37. The Balaban J connectivity index is 1.39. The second kappa shape index (κ2) is 6.73. The van der Waals surface area contributed by atoms with Gasteiger partial charge >= 0.3 is 0 Å². The summed E-state index contributed by atoms with van der Waals surface area (Å²) in [7, 11) is 0. The van der Waals surface area contributed by atoms with Gasteiger partial charge in [-0.3, -0.25) is 14.6 Å². The first-order valence-corrected chi connectivity index (χ1v) is 9.37. The molecule has 2 amide bonds. The van der Waals surface area contributed by atoms with Crippen molar-refractivity contribution < 1.29 is 14.3 Å². The van der Waals surface area contributed by atoms with E-state index in [0.29, 0.717) is 31.0 Å². The fraction of sp³-hybridized carbons (Fsp3) is 0.227. The van der Waals surface area contributed by atoms with Gasteiger partial charge in [0.15, 0.2) is 0 Å². The Hall–Kier alpha value is -3.25. The molecule has 1 atom stereocenters. The third-order valence-electron chi connectivity index (χ3n) is 5.38. The summed E-state index contributed by atoms with van der Waals surface area (Å²) in [5.41, 5.74) is 3.98. The van der Waals surface area contributed by atoms with Crippen LogP contribution in [0.5, 0.6) is 0 Å². The molecule has 1 N–H and O–H groups in total. The van der Waals surface area contributed by atoms with Crippen molar-refractivity contribution in [2.24, 2.45) is 5.92 Å². The first kappa shape index (κ1) is 16.9. The standard InChI is InChI=1S/C22H19N3O3/c26-21(16-7-9-28-13-16)24-17-4-3-15-12-25(22(27)19(15)11-17)18-5-6-20-14(10-18)2-1-8-23-20/h1-6,8,10-11,16H,7,9,12-13H2,(H,24,26). The van der Waals surface area contributed by atoms with Crippen molar-refractivity contribution in [1.29, 1.82) is 0 Å². The molecular weight excluding hydrogens is 354 g/mol. The quantitative estimate of drug-likeness (QED) is 0.764. The van der Waals surface area contributed by atoms with Crippen molar-refractivity contribution in [3.63, 3.8) is 0 Å². The van der Waals surface area contributed by atoms with E-state index in [-0.39, 0.29) is 17.7 Å². The molecule has 0 saturated carbocycles. The van der Waals surface area contributed by atoms with Gasteiger partial charge < -0.3 is 15.0 Å². The van der Waals surface area contributed by atoms with Gasteiger partial charge in [0.1, 0.15) is 0 Å². The number of ether oxygens (including phenoxy) is 1. The highest BCUT2D eigenvalue weighted by Gasteiger charge is 2.29. The summed E-state index contributed by atoms with van der Waals surface area (Å²) in [6.45, 7) is 1.60. The summed E-state index contributed by atoms with van der Waals surface area (Å²) in [6, 6.07) is 15.2. The third kappa shape index (κ3) is 2.92. The minimum Gasteiger partial charge on any atom is -0.381 e. The molecule has 1 fully saturated rings. The molecule has 2 aromatic carbocycles. The van der Waals surface area contributed by atoms with Crippen LogP contribution >= 0.6 is 0 Å². The number of aromatic nitrogens is 1. The fourth-order valence-electron chi connectivity index (χ4n) is 3.80. The number of benzene rings is 2. The van der Waals surface area contributed by atoms with E-state index in [9.17, 15) is 9.59 Å². The third-order valence-corrected chi connectivity index (χ3v) is 5.38. The lowest BCUT2D eigenvalue weighted by molar-refractivity contribution is -0.119. The van der Waals surface area contributed by atoms with Crippen molar-refractivity contribution in [2.75, 3.05) is 23.4 Å². The van der Waals surface area contributed by atoms with Crippen LogP contribution in [-0.2, 0) is 16.1 Å². The monoisotopic (exact) mass is 373 g/mol. The van der Waals surface area contributed by atoms with Gasteiger partial charge in [-0.15, -0.1) is 0 Å². The molecule has 28 heavy (non-hydrogen) atoms. The number of anilines is 2. The maximum Gasteiger partial charge on any atom is 0.259 e. The van der Waals surface area contributed by atoms with Crippen LogP contribution in [-0.4, -0.2) is 30.0 Å². The predicted molar refractivity (Wildman–Crippen MR) is 106 cm³/mol. The number of pyridine rings is 1. The summed E-state index contributed by atoms with van der Waals surface area (Å²) in [5, 5.41) is 3.91. The highest BCUT2D eigenvalue weighted by molar-refractivity contribution is 6.11. The van der Waals surface area contributed by atoms with Crippen molar-refractivity contribution >= 4 is 34.1 Å². The normalized spacial score (nSPS) is 18.5. The minimum atomic E-state index is -0.119. The highest BCUT2D eigenvalue weighted by Crippen LogP contribution is 2.31. The van der Waals surface area contributed by atoms with Crippen molar-refractivity contribution in [3.05, 3.63) is 65.9 Å². The molecule has 1 unspecified atom stereocenters. The van der Waals surface area contributed by atoms with E-state index < -0.39 is 0 Å². The lowest BCUT2D eigenvalue weighted by Gasteiger charge is -2.16. The van der Waals surface area contributed by atoms with Crippen LogP contribution < -0.4 is 10.2 Å². The molecule has 2 aliphatic rings. The van der Waals surface area contributed by atoms with E-state index in [0.717, 1.165) is 28.6 Å². The van der Waals surface area contributed by atoms with E-state index in [4.69, 9.17) is 4.74 Å². The summed E-state index contributed by atoms with van der Waals surface area (Å²) in [5.74, 6) is -0.230. The average Bonchev–Trinajstić information content (AvgIpc) is 3.37. The van der Waals surface area contributed by atoms with Gasteiger partial charge in [0, 0.05) is 35.1 Å². The number of nitrogens with one attached hydrogen (secondary N) is 1. The molecule has 1 saturated heterocycles. The predicted octanol–water partition coefficient (Wildman–Crippen LogP) is 3.37. The van der Waals surface area contributed by atoms with Gasteiger partial charge in [-0.2, -0.15) is 0 Å². The van der Waals surface area contributed by atoms with Gasteiger partial charge in [-0.25, -0.2) is 0 Å². The number of amides is 2. The van der Waals surface area contributed by atoms with Gasteiger partial charge in [-0.1, -0.05) is 12.1 Å². The van der Waals surface area contributed by atoms with Crippen molar-refractivity contribution in [3.8, 4) is 0 Å². The van der Waals surface area contributed by atoms with E-state index in [1.54, 1.807) is 17.2 Å². The molecule has 5 rings (SSSR count). The van der Waals surface area contributed by atoms with Crippen LogP contribution in [0.1, 0.15) is 22.3 Å². The molecule has 0 radical (unpaired) electrons. The molecule has 6 nitrogen and oxygen atoms in total. The molecule has 3 aromatic rings. The van der Waals surface area contributed by atoms with Crippen LogP contribution in [0, 0.1) is 5.92 Å². The van der Waals surface area contributed by atoms with Gasteiger partial charge in [0.05, 0.1) is 24.6 Å². The summed E-state index contributed by atoms with van der Waals surface area (Å²) >= 11 is 0. The summed E-state index contributed by atoms with van der Waals surface area (Å²) < 4.78 is 5.27. The summed E-state index contributed by atoms with van der Waals surface area (Å²) in [6.07, 6.45) is 2.49.